The summed E-state index contributed by atoms with van der Waals surface area (Å²) in [5, 5.41) is 0. The lowest BCUT2D eigenvalue weighted by Gasteiger charge is -2.18. The quantitative estimate of drug-likeness (QED) is 0.114. The summed E-state index contributed by atoms with van der Waals surface area (Å²) in [6.07, 6.45) is -3.50. The molecule has 0 N–H and O–H groups in total. The number of halogens is 4. The molecule has 0 heterocycles. The van der Waals surface area contributed by atoms with E-state index in [1.165, 1.54) is 86.8 Å². The fourth-order valence-corrected chi connectivity index (χ4v) is 3.08. The van der Waals surface area contributed by atoms with Gasteiger partial charge < -0.3 is 18.9 Å². The number of carbonyl (C=O) groups is 2. The van der Waals surface area contributed by atoms with Crippen LogP contribution in [-0.2, 0) is 44.3 Å². The molecule has 0 saturated heterocycles. The molecule has 48 heavy (non-hydrogen) atoms. The van der Waals surface area contributed by atoms with Crippen LogP contribution in [0.4, 0.5) is 17.6 Å². The van der Waals surface area contributed by atoms with Gasteiger partial charge in [-0.05, 0) is 61.4 Å². The molecule has 266 valence electrons. The van der Waals surface area contributed by atoms with Gasteiger partial charge in [0.25, 0.3) is 5.92 Å². The third kappa shape index (κ3) is 17.4. The average Bonchev–Trinajstić information content (AvgIpc) is 3.09. The van der Waals surface area contributed by atoms with Crippen LogP contribution in [0.15, 0.2) is 97.1 Å². The van der Waals surface area contributed by atoms with E-state index < -0.39 is 24.0 Å². The molecule has 0 saturated carbocycles. The summed E-state index contributed by atoms with van der Waals surface area (Å²) in [6, 6.07) is 16.9. The Balaban J connectivity index is 0. The lowest BCUT2D eigenvalue weighted by molar-refractivity contribution is -0.185. The lowest BCUT2D eigenvalue weighted by Crippen LogP contribution is -2.21. The molecule has 0 bridgehead atoms. The molecule has 0 atom stereocenters. The molecule has 3 rings (SSSR count). The molecular formula is C38H50F4O6. The Labute approximate surface area is 283 Å². The topological polar surface area (TPSA) is 71.1 Å². The van der Waals surface area contributed by atoms with E-state index in [0.717, 1.165) is 6.92 Å². The molecule has 3 aromatic rings. The first kappa shape index (κ1) is 45.5. The molecule has 10 heteroatoms. The zero-order valence-electron chi connectivity index (χ0n) is 29.7. The van der Waals surface area contributed by atoms with Gasteiger partial charge >= 0.3 is 18.0 Å². The fraction of sp³-hybridized carbons (Fsp3) is 0.368. The van der Waals surface area contributed by atoms with Crippen LogP contribution in [0, 0.1) is 0 Å². The van der Waals surface area contributed by atoms with E-state index in [-0.39, 0.29) is 35.7 Å². The van der Waals surface area contributed by atoms with Crippen LogP contribution in [0.2, 0.25) is 0 Å². The first-order valence-electron chi connectivity index (χ1n) is 15.5. The Morgan fingerprint density at radius 3 is 1.25 bits per heavy atom. The van der Waals surface area contributed by atoms with Crippen molar-refractivity contribution in [3.8, 4) is 11.5 Å². The largest absolute Gasteiger partial charge is 0.497 e. The maximum absolute atomic E-state index is 14.2. The van der Waals surface area contributed by atoms with E-state index in [2.05, 4.69) is 13.2 Å². The van der Waals surface area contributed by atoms with Crippen LogP contribution in [0.25, 0.3) is 0 Å². The third-order valence-corrected chi connectivity index (χ3v) is 5.49. The number of rotatable bonds is 11. The number of esters is 2. The van der Waals surface area contributed by atoms with Gasteiger partial charge in [-0.2, -0.15) is 8.78 Å². The Morgan fingerprint density at radius 2 is 0.938 bits per heavy atom. The van der Waals surface area contributed by atoms with Crippen LogP contribution in [0.1, 0.15) is 84.6 Å². The molecule has 3 aromatic carbocycles. The average molecular weight is 679 g/mol. The minimum Gasteiger partial charge on any atom is -0.497 e. The van der Waals surface area contributed by atoms with Gasteiger partial charge in [0.15, 0.2) is 0 Å². The first-order valence-corrected chi connectivity index (χ1v) is 15.5. The maximum atomic E-state index is 14.2. The Morgan fingerprint density at radius 1 is 0.604 bits per heavy atom. The maximum Gasteiger partial charge on any atom is 0.426 e. The second-order valence-corrected chi connectivity index (χ2v) is 9.29. The van der Waals surface area contributed by atoms with Crippen molar-refractivity contribution in [2.24, 2.45) is 0 Å². The van der Waals surface area contributed by atoms with Gasteiger partial charge in [0, 0.05) is 23.6 Å². The number of carbonyl (C=O) groups excluding carboxylic acids is 2. The van der Waals surface area contributed by atoms with Crippen molar-refractivity contribution in [1.82, 2.24) is 0 Å². The molecule has 0 aliphatic heterocycles. The predicted molar refractivity (Wildman–Crippen MR) is 183 cm³/mol. The SMILES string of the molecule is C=C(C)C(=O)OCc1ccc(C(C)(F)F)cc1.C=C(C)C(=O)OCc1ccc(C(F)(F)Oc2ccc(OC)cc2)cc1.CC.CC.CC. The summed E-state index contributed by atoms with van der Waals surface area (Å²) < 4.78 is 73.9. The number of hydrogen-bond acceptors (Lipinski definition) is 6. The monoisotopic (exact) mass is 678 g/mol. The number of hydrogen-bond donors (Lipinski definition) is 0. The van der Waals surface area contributed by atoms with Gasteiger partial charge in [-0.3, -0.25) is 0 Å². The normalized spacial score (nSPS) is 9.96. The van der Waals surface area contributed by atoms with Crippen molar-refractivity contribution in [2.45, 2.75) is 87.6 Å². The molecular weight excluding hydrogens is 628 g/mol. The van der Waals surface area contributed by atoms with E-state index in [9.17, 15) is 27.2 Å². The standard InChI is InChI=1S/C19H18F2O4.C13H14F2O2.3C2H6/c1-13(2)18(22)24-12-14-4-6-15(7-5-14)19(20,21)25-17-10-8-16(23-3)9-11-17;1-9(2)12(16)17-8-10-4-6-11(7-5-10)13(3,14)15;3*1-2/h4-11H,1,12H2,2-3H3;4-7H,1,8H2,2-3H3;3*1-2H3. The molecule has 0 radical (unpaired) electrons. The summed E-state index contributed by atoms with van der Waals surface area (Å²) in [6.45, 7) is 22.9. The molecule has 0 aliphatic rings. The highest BCUT2D eigenvalue weighted by Gasteiger charge is 2.34. The van der Waals surface area contributed by atoms with E-state index in [4.69, 9.17) is 18.9 Å². The Hall–Kier alpha value is -4.60. The second kappa shape index (κ2) is 23.7. The van der Waals surface area contributed by atoms with Gasteiger partial charge in [0.05, 0.1) is 12.7 Å². The minimum atomic E-state index is -3.50. The van der Waals surface area contributed by atoms with Gasteiger partial charge in [-0.1, -0.05) is 91.1 Å². The minimum absolute atomic E-state index is 0.0170. The summed E-state index contributed by atoms with van der Waals surface area (Å²) in [7, 11) is 1.49. The first-order chi connectivity index (χ1) is 22.6. The Bertz CT molecular complexity index is 1360. The van der Waals surface area contributed by atoms with Crippen molar-refractivity contribution in [2.75, 3.05) is 7.11 Å². The molecule has 0 aromatic heterocycles. The highest BCUT2D eigenvalue weighted by atomic mass is 19.3. The van der Waals surface area contributed by atoms with Crippen molar-refractivity contribution < 1.29 is 46.1 Å². The van der Waals surface area contributed by atoms with E-state index in [0.29, 0.717) is 22.4 Å². The summed E-state index contributed by atoms with van der Waals surface area (Å²) >= 11 is 0. The fourth-order valence-electron chi connectivity index (χ4n) is 3.08. The van der Waals surface area contributed by atoms with Crippen molar-refractivity contribution in [3.63, 3.8) is 0 Å². The van der Waals surface area contributed by atoms with Crippen molar-refractivity contribution in [1.29, 1.82) is 0 Å². The van der Waals surface area contributed by atoms with Crippen LogP contribution in [-0.4, -0.2) is 19.0 Å². The summed E-state index contributed by atoms with van der Waals surface area (Å²) in [5.74, 6) is -3.31. The molecule has 6 nitrogen and oxygen atoms in total. The zero-order chi connectivity index (χ0) is 37.5. The number of ether oxygens (including phenoxy) is 4. The summed E-state index contributed by atoms with van der Waals surface area (Å²) in [4.78, 5) is 22.4. The van der Waals surface area contributed by atoms with Gasteiger partial charge in [-0.15, -0.1) is 0 Å². The summed E-state index contributed by atoms with van der Waals surface area (Å²) in [5.41, 5.74) is 1.45. The van der Waals surface area contributed by atoms with E-state index in [1.54, 1.807) is 6.92 Å². The number of alkyl halides is 4. The van der Waals surface area contributed by atoms with Crippen molar-refractivity contribution >= 4 is 11.9 Å². The Kier molecular flexibility index (Phi) is 22.5. The molecule has 0 unspecified atom stereocenters. The molecule has 0 aliphatic carbocycles. The molecule has 0 fully saturated rings. The van der Waals surface area contributed by atoms with Gasteiger partial charge in [0.1, 0.15) is 24.7 Å². The highest BCUT2D eigenvalue weighted by molar-refractivity contribution is 5.87. The van der Waals surface area contributed by atoms with Crippen LogP contribution in [0.5, 0.6) is 11.5 Å². The van der Waals surface area contributed by atoms with Gasteiger partial charge in [0.2, 0.25) is 0 Å². The van der Waals surface area contributed by atoms with Gasteiger partial charge in [-0.25, -0.2) is 18.4 Å². The smallest absolute Gasteiger partial charge is 0.426 e. The van der Waals surface area contributed by atoms with Crippen molar-refractivity contribution in [3.05, 3.63) is 119 Å². The number of methoxy groups -OCH3 is 1. The van der Waals surface area contributed by atoms with E-state index in [1.807, 2.05) is 41.5 Å². The number of benzene rings is 3. The lowest BCUT2D eigenvalue weighted by atomic mass is 10.1. The third-order valence-electron chi connectivity index (χ3n) is 5.49. The highest BCUT2D eigenvalue weighted by Crippen LogP contribution is 2.32. The predicted octanol–water partition coefficient (Wildman–Crippen LogP) is 10.9. The second-order valence-electron chi connectivity index (χ2n) is 9.29. The van der Waals surface area contributed by atoms with Crippen LogP contribution < -0.4 is 9.47 Å². The van der Waals surface area contributed by atoms with Crippen LogP contribution >= 0.6 is 0 Å². The molecule has 0 amide bonds. The van der Waals surface area contributed by atoms with Crippen LogP contribution in [0.3, 0.4) is 0 Å². The van der Waals surface area contributed by atoms with E-state index >= 15 is 0 Å². The molecule has 0 spiro atoms. The zero-order valence-corrected chi connectivity index (χ0v) is 29.7.